The molecule has 0 radical (unpaired) electrons. The van der Waals surface area contributed by atoms with Gasteiger partial charge in [-0.1, -0.05) is 20.8 Å². The lowest BCUT2D eigenvalue weighted by atomic mass is 9.79. The van der Waals surface area contributed by atoms with Gasteiger partial charge in [-0.2, -0.15) is 0 Å². The molecule has 0 aliphatic rings. The van der Waals surface area contributed by atoms with Crippen molar-refractivity contribution in [2.24, 2.45) is 0 Å². The van der Waals surface area contributed by atoms with Crippen LogP contribution < -0.4 is 10.5 Å². The summed E-state index contributed by atoms with van der Waals surface area (Å²) in [4.78, 5) is 11.8. The summed E-state index contributed by atoms with van der Waals surface area (Å²) < 4.78 is 0. The largest absolute Gasteiger partial charge is 0.769 e. The fourth-order valence-corrected chi connectivity index (χ4v) is 2.72. The molecule has 21 heavy (non-hydrogen) atoms. The third kappa shape index (κ3) is 3.01. The molecule has 1 rings (SSSR count). The minimum atomic E-state index is -0.716. The lowest BCUT2D eigenvalue weighted by molar-refractivity contribution is 0.0279. The summed E-state index contributed by atoms with van der Waals surface area (Å²) in [5.41, 5.74) is -0.241. The predicted octanol–water partition coefficient (Wildman–Crippen LogP) is 3.19. The first-order chi connectivity index (χ1) is 9.41. The zero-order chi connectivity index (χ0) is 16.7. The summed E-state index contributed by atoms with van der Waals surface area (Å²) >= 11 is 0. The maximum Gasteiger partial charge on any atom is 0.160 e. The quantitative estimate of drug-likeness (QED) is 0.651. The van der Waals surface area contributed by atoms with E-state index in [9.17, 15) is 25.6 Å². The first kappa shape index (κ1) is 17.4. The van der Waals surface area contributed by atoms with Crippen molar-refractivity contribution in [3.05, 3.63) is 32.7 Å². The van der Waals surface area contributed by atoms with Gasteiger partial charge in [0.05, 0.1) is 0 Å². The van der Waals surface area contributed by atoms with Gasteiger partial charge in [0, 0.05) is 16.8 Å². The summed E-state index contributed by atoms with van der Waals surface area (Å²) in [5, 5.41) is 41.2. The molecule has 0 unspecified atom stereocenters. The van der Waals surface area contributed by atoms with Crippen molar-refractivity contribution in [2.75, 3.05) is 10.5 Å². The second-order valence-electron chi connectivity index (χ2n) is 6.05. The first-order valence-corrected chi connectivity index (χ1v) is 6.42. The van der Waals surface area contributed by atoms with Crippen molar-refractivity contribution >= 4 is 17.2 Å². The van der Waals surface area contributed by atoms with Crippen LogP contribution in [0.4, 0.5) is 11.4 Å². The van der Waals surface area contributed by atoms with Crippen molar-refractivity contribution in [3.8, 4) is 0 Å². The van der Waals surface area contributed by atoms with Gasteiger partial charge < -0.3 is 15.6 Å². The fraction of sp³-hybridized carbons (Fsp3) is 0.500. The maximum atomic E-state index is 11.8. The van der Waals surface area contributed by atoms with E-state index in [1.54, 1.807) is 20.8 Å². The van der Waals surface area contributed by atoms with Crippen LogP contribution in [0.1, 0.15) is 54.7 Å². The number of nitrogens with zero attached hydrogens (tertiary/aromatic N) is 2. The van der Waals surface area contributed by atoms with Crippen LogP contribution in [0.5, 0.6) is 0 Å². The molecule has 1 aromatic rings. The molecular formula is C14H20N2O5-2. The van der Waals surface area contributed by atoms with Gasteiger partial charge in [-0.3, -0.25) is 15.2 Å². The highest BCUT2D eigenvalue weighted by Gasteiger charge is 2.30. The Labute approximate surface area is 123 Å². The number of carbonyl (C=O) groups is 1. The van der Waals surface area contributed by atoms with E-state index in [0.717, 1.165) is 0 Å². The van der Waals surface area contributed by atoms with Gasteiger partial charge in [-0.25, -0.2) is 0 Å². The van der Waals surface area contributed by atoms with E-state index < -0.39 is 10.6 Å². The monoisotopic (exact) mass is 296 g/mol. The van der Waals surface area contributed by atoms with E-state index in [4.69, 9.17) is 0 Å². The number of ketones is 1. The molecule has 0 bridgehead atoms. The zero-order valence-electron chi connectivity index (χ0n) is 13.0. The average Bonchev–Trinajstić information content (AvgIpc) is 2.24. The van der Waals surface area contributed by atoms with Crippen molar-refractivity contribution in [3.63, 3.8) is 0 Å². The molecule has 0 aliphatic heterocycles. The molecule has 0 saturated carbocycles. The Kier molecular flexibility index (Phi) is 4.64. The van der Waals surface area contributed by atoms with Gasteiger partial charge in [0.2, 0.25) is 0 Å². The summed E-state index contributed by atoms with van der Waals surface area (Å²) in [7, 11) is 0. The number of Topliss-reactive ketones (excluding diaryl/α,β-unsaturated/α-hetero) is 1. The molecule has 0 amide bonds. The average molecular weight is 296 g/mol. The first-order valence-electron chi connectivity index (χ1n) is 6.42. The van der Waals surface area contributed by atoms with E-state index in [0.29, 0.717) is 5.56 Å². The fourth-order valence-electron chi connectivity index (χ4n) is 2.72. The Balaban J connectivity index is 4.06. The van der Waals surface area contributed by atoms with Crippen LogP contribution in [-0.4, -0.2) is 16.2 Å². The molecule has 0 atom stereocenters. The zero-order valence-corrected chi connectivity index (χ0v) is 13.0. The lowest BCUT2D eigenvalue weighted by Gasteiger charge is -2.44. The van der Waals surface area contributed by atoms with E-state index in [-0.39, 0.29) is 39.1 Å². The van der Waals surface area contributed by atoms with Gasteiger partial charge in [0.15, 0.2) is 5.78 Å². The Morgan fingerprint density at radius 2 is 1.48 bits per heavy atom. The van der Waals surface area contributed by atoms with Crippen molar-refractivity contribution in [2.45, 2.75) is 47.0 Å². The van der Waals surface area contributed by atoms with Gasteiger partial charge in [0.1, 0.15) is 5.69 Å². The summed E-state index contributed by atoms with van der Waals surface area (Å²) in [6, 6.07) is 0. The summed E-state index contributed by atoms with van der Waals surface area (Å²) in [5.74, 6) is -0.364. The van der Waals surface area contributed by atoms with E-state index in [1.165, 1.54) is 20.8 Å². The number of anilines is 2. The maximum absolute atomic E-state index is 11.8. The van der Waals surface area contributed by atoms with Gasteiger partial charge in [0.25, 0.3) is 0 Å². The second kappa shape index (κ2) is 5.61. The Hall–Kier alpha value is -1.67. The molecule has 7 heteroatoms. The lowest BCUT2D eigenvalue weighted by Crippen LogP contribution is -2.26. The van der Waals surface area contributed by atoms with Crippen LogP contribution in [-0.2, 0) is 5.41 Å². The molecule has 2 N–H and O–H groups in total. The minimum absolute atomic E-state index is 0.120. The molecule has 118 valence electrons. The van der Waals surface area contributed by atoms with E-state index in [1.807, 2.05) is 0 Å². The van der Waals surface area contributed by atoms with Gasteiger partial charge in [-0.15, -0.1) is 5.23 Å². The van der Waals surface area contributed by atoms with Crippen molar-refractivity contribution < 1.29 is 15.2 Å². The Morgan fingerprint density at radius 3 is 1.76 bits per heavy atom. The van der Waals surface area contributed by atoms with Crippen molar-refractivity contribution in [1.82, 2.24) is 0 Å². The molecule has 0 spiro atoms. The summed E-state index contributed by atoms with van der Waals surface area (Å²) in [6.45, 7) is 9.52. The normalized spacial score (nSPS) is 11.5. The molecule has 0 fully saturated rings. The molecule has 0 aliphatic carbocycles. The minimum Gasteiger partial charge on any atom is -0.769 e. The van der Waals surface area contributed by atoms with Crippen LogP contribution >= 0.6 is 0 Å². The third-order valence-corrected chi connectivity index (χ3v) is 3.42. The van der Waals surface area contributed by atoms with Crippen LogP contribution in [0.3, 0.4) is 0 Å². The predicted molar refractivity (Wildman–Crippen MR) is 79.9 cm³/mol. The van der Waals surface area contributed by atoms with Crippen LogP contribution in [0.25, 0.3) is 0 Å². The standard InChI is InChI=1S/C14H20N2O5/c1-7-10(9(3)17)8(2)13(16(20)21)11(14(4,5)6)12(7)15(18)19/h18-19H,1-6H3/q-2. The van der Waals surface area contributed by atoms with Crippen molar-refractivity contribution in [1.29, 1.82) is 0 Å². The highest BCUT2D eigenvalue weighted by atomic mass is 16.8. The highest BCUT2D eigenvalue weighted by molar-refractivity contribution is 6.01. The number of carbonyl (C=O) groups excluding carboxylic acids is 1. The van der Waals surface area contributed by atoms with Crippen LogP contribution in [0.2, 0.25) is 0 Å². The summed E-state index contributed by atoms with van der Waals surface area (Å²) in [6.07, 6.45) is 0. The van der Waals surface area contributed by atoms with Gasteiger partial charge >= 0.3 is 0 Å². The second-order valence-corrected chi connectivity index (χ2v) is 6.05. The number of hydrogen-bond donors (Lipinski definition) is 2. The molecule has 7 nitrogen and oxygen atoms in total. The molecule has 0 saturated heterocycles. The Bertz CT molecular complexity index is 539. The molecular weight excluding hydrogens is 276 g/mol. The number of rotatable bonds is 3. The van der Waals surface area contributed by atoms with Crippen LogP contribution in [0, 0.1) is 24.3 Å². The SMILES string of the molecule is CC(=O)c1c(C)c(N([O-])[O-])c(C(C)(C)C)c(N(O)O)c1C. The van der Waals surface area contributed by atoms with E-state index >= 15 is 0 Å². The van der Waals surface area contributed by atoms with Gasteiger partial charge in [-0.05, 0) is 37.3 Å². The molecule has 1 aromatic carbocycles. The van der Waals surface area contributed by atoms with Crippen LogP contribution in [0.15, 0.2) is 0 Å². The Morgan fingerprint density at radius 1 is 1.05 bits per heavy atom. The molecule has 0 aromatic heterocycles. The topological polar surface area (TPSA) is 110 Å². The number of hydrogen-bond acceptors (Lipinski definition) is 7. The van der Waals surface area contributed by atoms with E-state index in [2.05, 4.69) is 0 Å². The highest BCUT2D eigenvalue weighted by Crippen LogP contribution is 2.44. The third-order valence-electron chi connectivity index (χ3n) is 3.42. The molecule has 0 heterocycles. The smallest absolute Gasteiger partial charge is 0.160 e. The number of benzene rings is 1.